The summed E-state index contributed by atoms with van der Waals surface area (Å²) >= 11 is 0. The number of aryl methyl sites for hydroxylation is 1. The molecule has 0 aliphatic carbocycles. The van der Waals surface area contributed by atoms with Crippen LogP contribution in [0, 0.1) is 6.92 Å². The Labute approximate surface area is 63.3 Å². The highest BCUT2D eigenvalue weighted by Crippen LogP contribution is 2.27. The SMILES string of the molecule is Cc1nnccc1C(C)(F)F. The molecule has 1 aromatic rings. The van der Waals surface area contributed by atoms with Crippen molar-refractivity contribution in [1.82, 2.24) is 10.2 Å². The molecule has 1 aromatic heterocycles. The largest absolute Gasteiger partial charge is 0.272 e. The van der Waals surface area contributed by atoms with Gasteiger partial charge in [0, 0.05) is 12.5 Å². The van der Waals surface area contributed by atoms with Crippen molar-refractivity contribution in [1.29, 1.82) is 0 Å². The molecule has 0 N–H and O–H groups in total. The maximum Gasteiger partial charge on any atom is 0.272 e. The third-order valence-corrected chi connectivity index (χ3v) is 1.38. The van der Waals surface area contributed by atoms with Crippen molar-refractivity contribution >= 4 is 0 Å². The van der Waals surface area contributed by atoms with Crippen molar-refractivity contribution < 1.29 is 8.78 Å². The van der Waals surface area contributed by atoms with Crippen molar-refractivity contribution in [2.75, 3.05) is 0 Å². The lowest BCUT2D eigenvalue weighted by atomic mass is 10.1. The van der Waals surface area contributed by atoms with Crippen LogP contribution in [0.3, 0.4) is 0 Å². The third-order valence-electron chi connectivity index (χ3n) is 1.38. The molecule has 0 fully saturated rings. The number of nitrogens with zero attached hydrogens (tertiary/aromatic N) is 2. The molecule has 1 heterocycles. The Bertz CT molecular complexity index is 255. The molecule has 0 saturated carbocycles. The molecule has 0 bridgehead atoms. The van der Waals surface area contributed by atoms with Gasteiger partial charge in [0.1, 0.15) is 0 Å². The van der Waals surface area contributed by atoms with E-state index >= 15 is 0 Å². The molecule has 0 amide bonds. The van der Waals surface area contributed by atoms with Gasteiger partial charge in [-0.05, 0) is 13.0 Å². The molecule has 0 aliphatic rings. The van der Waals surface area contributed by atoms with E-state index in [-0.39, 0.29) is 11.3 Å². The average Bonchev–Trinajstić information content (AvgIpc) is 1.86. The highest BCUT2D eigenvalue weighted by Gasteiger charge is 2.26. The maximum atomic E-state index is 12.6. The summed E-state index contributed by atoms with van der Waals surface area (Å²) in [6.45, 7) is 2.36. The second-order valence-corrected chi connectivity index (χ2v) is 2.42. The van der Waals surface area contributed by atoms with Crippen LogP contribution in [0.15, 0.2) is 12.3 Å². The number of alkyl halides is 2. The molecule has 0 aliphatic heterocycles. The normalized spacial score (nSPS) is 11.6. The van der Waals surface area contributed by atoms with Gasteiger partial charge in [0.25, 0.3) is 5.92 Å². The molecule has 0 aromatic carbocycles. The van der Waals surface area contributed by atoms with Crippen molar-refractivity contribution in [2.45, 2.75) is 19.8 Å². The van der Waals surface area contributed by atoms with E-state index in [4.69, 9.17) is 0 Å². The molecular formula is C7H8F2N2. The van der Waals surface area contributed by atoms with Crippen LogP contribution in [0.5, 0.6) is 0 Å². The first-order chi connectivity index (χ1) is 5.02. The minimum Gasteiger partial charge on any atom is -0.202 e. The number of aromatic nitrogens is 2. The highest BCUT2D eigenvalue weighted by molar-refractivity contribution is 5.20. The fraction of sp³-hybridized carbons (Fsp3) is 0.429. The second kappa shape index (κ2) is 2.53. The monoisotopic (exact) mass is 158 g/mol. The predicted molar refractivity (Wildman–Crippen MR) is 36.3 cm³/mol. The van der Waals surface area contributed by atoms with Gasteiger partial charge in [-0.25, -0.2) is 8.78 Å². The first kappa shape index (κ1) is 8.04. The van der Waals surface area contributed by atoms with Crippen molar-refractivity contribution in [3.8, 4) is 0 Å². The van der Waals surface area contributed by atoms with Crippen LogP contribution in [-0.4, -0.2) is 10.2 Å². The molecule has 0 spiro atoms. The maximum absolute atomic E-state index is 12.6. The second-order valence-electron chi connectivity index (χ2n) is 2.42. The van der Waals surface area contributed by atoms with Gasteiger partial charge in [-0.15, -0.1) is 0 Å². The first-order valence-corrected chi connectivity index (χ1v) is 3.18. The Morgan fingerprint density at radius 2 is 2.09 bits per heavy atom. The van der Waals surface area contributed by atoms with Crippen LogP contribution in [0.2, 0.25) is 0 Å². The molecule has 0 saturated heterocycles. The number of halogens is 2. The Kier molecular flexibility index (Phi) is 1.85. The summed E-state index contributed by atoms with van der Waals surface area (Å²) in [4.78, 5) is 0. The van der Waals surface area contributed by atoms with Crippen molar-refractivity contribution in [3.05, 3.63) is 23.5 Å². The molecule has 4 heteroatoms. The fourth-order valence-electron chi connectivity index (χ4n) is 0.866. The molecule has 0 radical (unpaired) electrons. The first-order valence-electron chi connectivity index (χ1n) is 3.18. The molecule has 60 valence electrons. The quantitative estimate of drug-likeness (QED) is 0.623. The zero-order valence-electron chi connectivity index (χ0n) is 6.31. The Hall–Kier alpha value is -1.06. The molecule has 1 rings (SSSR count). The van der Waals surface area contributed by atoms with Gasteiger partial charge in [-0.3, -0.25) is 0 Å². The van der Waals surface area contributed by atoms with Crippen LogP contribution in [0.1, 0.15) is 18.2 Å². The molecule has 0 unspecified atom stereocenters. The lowest BCUT2D eigenvalue weighted by molar-refractivity contribution is 0.0162. The smallest absolute Gasteiger partial charge is 0.202 e. The number of hydrogen-bond acceptors (Lipinski definition) is 2. The van der Waals surface area contributed by atoms with Crippen molar-refractivity contribution in [2.24, 2.45) is 0 Å². The Morgan fingerprint density at radius 3 is 2.45 bits per heavy atom. The molecule has 11 heavy (non-hydrogen) atoms. The van der Waals surface area contributed by atoms with E-state index in [9.17, 15) is 8.78 Å². The van der Waals surface area contributed by atoms with E-state index < -0.39 is 5.92 Å². The summed E-state index contributed by atoms with van der Waals surface area (Å²) in [5.74, 6) is -2.82. The predicted octanol–water partition coefficient (Wildman–Crippen LogP) is 1.90. The topological polar surface area (TPSA) is 25.8 Å². The van der Waals surface area contributed by atoms with Crippen LogP contribution in [0.25, 0.3) is 0 Å². The minimum absolute atomic E-state index is 0.0625. The summed E-state index contributed by atoms with van der Waals surface area (Å²) in [5.41, 5.74) is 0.215. The summed E-state index contributed by atoms with van der Waals surface area (Å²) < 4.78 is 25.3. The van der Waals surface area contributed by atoms with E-state index in [0.717, 1.165) is 6.92 Å². The van der Waals surface area contributed by atoms with Crippen LogP contribution >= 0.6 is 0 Å². The molecular weight excluding hydrogens is 150 g/mol. The third kappa shape index (κ3) is 1.69. The van der Waals surface area contributed by atoms with Gasteiger partial charge >= 0.3 is 0 Å². The average molecular weight is 158 g/mol. The van der Waals surface area contributed by atoms with E-state index in [0.29, 0.717) is 0 Å². The van der Waals surface area contributed by atoms with Gasteiger partial charge in [0.2, 0.25) is 0 Å². The lowest BCUT2D eigenvalue weighted by Gasteiger charge is -2.10. The van der Waals surface area contributed by atoms with Gasteiger partial charge in [0.05, 0.1) is 11.9 Å². The zero-order valence-corrected chi connectivity index (χ0v) is 6.31. The van der Waals surface area contributed by atoms with Crippen LogP contribution in [-0.2, 0) is 5.92 Å². The van der Waals surface area contributed by atoms with E-state index in [1.54, 1.807) is 0 Å². The lowest BCUT2D eigenvalue weighted by Crippen LogP contribution is -2.10. The van der Waals surface area contributed by atoms with Gasteiger partial charge in [-0.2, -0.15) is 10.2 Å². The fourth-order valence-corrected chi connectivity index (χ4v) is 0.866. The van der Waals surface area contributed by atoms with Gasteiger partial charge in [0.15, 0.2) is 0 Å². The van der Waals surface area contributed by atoms with Crippen LogP contribution in [0.4, 0.5) is 8.78 Å². The summed E-state index contributed by atoms with van der Waals surface area (Å²) in [7, 11) is 0. The standard InChI is InChI=1S/C7H8F2N2/c1-5-6(7(2,8)9)3-4-10-11-5/h3-4H,1-2H3. The minimum atomic E-state index is -2.82. The molecule has 0 atom stereocenters. The summed E-state index contributed by atoms with van der Waals surface area (Å²) in [6.07, 6.45) is 1.26. The van der Waals surface area contributed by atoms with Crippen molar-refractivity contribution in [3.63, 3.8) is 0 Å². The number of hydrogen-bond donors (Lipinski definition) is 0. The molecule has 2 nitrogen and oxygen atoms in total. The zero-order chi connectivity index (χ0) is 8.48. The van der Waals surface area contributed by atoms with Gasteiger partial charge < -0.3 is 0 Å². The Morgan fingerprint density at radius 1 is 1.45 bits per heavy atom. The van der Waals surface area contributed by atoms with Gasteiger partial charge in [-0.1, -0.05) is 0 Å². The van der Waals surface area contributed by atoms with E-state index in [1.165, 1.54) is 19.2 Å². The highest BCUT2D eigenvalue weighted by atomic mass is 19.3. The number of rotatable bonds is 1. The summed E-state index contributed by atoms with van der Waals surface area (Å²) in [5, 5.41) is 6.99. The Balaban J connectivity index is 3.14. The summed E-state index contributed by atoms with van der Waals surface area (Å²) in [6, 6.07) is 1.28. The van der Waals surface area contributed by atoms with E-state index in [1.807, 2.05) is 0 Å². The van der Waals surface area contributed by atoms with Crippen LogP contribution < -0.4 is 0 Å². The van der Waals surface area contributed by atoms with E-state index in [2.05, 4.69) is 10.2 Å².